The average Bonchev–Trinajstić information content (AvgIpc) is 0.811. The minimum atomic E-state index is -0.222. The third-order valence-electron chi connectivity index (χ3n) is 0. The van der Waals surface area contributed by atoms with Gasteiger partial charge in [-0.1, -0.05) is 0 Å². The zero-order valence-corrected chi connectivity index (χ0v) is 6.43. The minimum absolute atomic E-state index is 0.222. The summed E-state index contributed by atoms with van der Waals surface area (Å²) in [6, 6.07) is 0. The summed E-state index contributed by atoms with van der Waals surface area (Å²) in [4.78, 5) is 9.27. The fourth-order valence-electron chi connectivity index (χ4n) is 0. The first kappa shape index (κ1) is 4.88. The molecule has 0 aromatic heterocycles. The Morgan fingerprint density at radius 3 is 2.00 bits per heavy atom. The second-order valence-electron chi connectivity index (χ2n) is 0.274. The van der Waals surface area contributed by atoms with E-state index < -0.39 is 0 Å². The molecule has 0 aromatic carbocycles. The number of carbonyl (C=O) groups is 1. The molecule has 0 N–H and O–H groups in total. The molecule has 0 spiro atoms. The van der Waals surface area contributed by atoms with Crippen LogP contribution in [0, 0.1) is 0 Å². The predicted octanol–water partition coefficient (Wildman–Crippen LogP) is 0.514. The van der Waals surface area contributed by atoms with Crippen molar-refractivity contribution in [3.05, 3.63) is 0 Å². The van der Waals surface area contributed by atoms with Gasteiger partial charge in [0.05, 0.1) is 0 Å². The van der Waals surface area contributed by atoms with E-state index in [2.05, 4.69) is 0 Å². The summed E-state index contributed by atoms with van der Waals surface area (Å²) >= 11 is 5.17. The quantitative estimate of drug-likeness (QED) is 0.463. The fourth-order valence-corrected chi connectivity index (χ4v) is 0. The van der Waals surface area contributed by atoms with Gasteiger partial charge >= 0.3 is 45.0 Å². The van der Waals surface area contributed by atoms with Crippen LogP contribution < -0.4 is 0 Å². The van der Waals surface area contributed by atoms with Gasteiger partial charge in [-0.05, 0) is 0 Å². The van der Waals surface area contributed by atoms with Crippen LogP contribution in [0.25, 0.3) is 0 Å². The molecule has 0 amide bonds. The Kier molecular flexibility index (Phi) is 2.61. The van der Waals surface area contributed by atoms with Crippen LogP contribution in [0.5, 0.6) is 0 Å². The summed E-state index contributed by atoms with van der Waals surface area (Å²) in [6.45, 7) is 0. The van der Waals surface area contributed by atoms with Gasteiger partial charge in [-0.2, -0.15) is 0 Å². The van der Waals surface area contributed by atoms with Gasteiger partial charge in [-0.3, -0.25) is 0 Å². The van der Waals surface area contributed by atoms with Crippen LogP contribution in [-0.2, 0) is 0 Å². The molecule has 0 rings (SSSR count). The van der Waals surface area contributed by atoms with Crippen LogP contribution in [0.3, 0.4) is 0 Å². The van der Waals surface area contributed by atoms with Crippen LogP contribution >= 0.6 is 11.6 Å². The molecule has 0 aliphatic heterocycles. The monoisotopic (exact) mass is 271 g/mol. The van der Waals surface area contributed by atoms with Crippen molar-refractivity contribution in [3.63, 3.8) is 0 Å². The van der Waals surface area contributed by atoms with E-state index in [-0.39, 0.29) is 2.80 Å². The Hall–Kier alpha value is 0.882. The van der Waals surface area contributed by atoms with Gasteiger partial charge in [-0.15, -0.1) is 0 Å². The molecule has 4 heavy (non-hydrogen) atoms. The van der Waals surface area contributed by atoms with Crippen molar-refractivity contribution in [1.29, 1.82) is 0 Å². The first-order chi connectivity index (χ1) is 1.73. The molecular formula is CClOPb. The molecule has 0 fully saturated rings. The molecule has 0 aliphatic rings. The maximum atomic E-state index is 9.27. The molecule has 1 nitrogen and oxygen atoms in total. The topological polar surface area (TPSA) is 17.1 Å². The molecule has 0 aromatic rings. The van der Waals surface area contributed by atoms with Crippen LogP contribution in [0.2, 0.25) is 0 Å². The number of rotatable bonds is 0. The van der Waals surface area contributed by atoms with Crippen LogP contribution in [0.4, 0.5) is 4.79 Å². The molecule has 0 unspecified atom stereocenters. The summed E-state index contributed by atoms with van der Waals surface area (Å²) in [6.07, 6.45) is 0. The third-order valence-corrected chi connectivity index (χ3v) is 0. The zero-order valence-electron chi connectivity index (χ0n) is 1.79. The normalized spacial score (nSPS) is 6.50. The van der Waals surface area contributed by atoms with Crippen LogP contribution in [0.15, 0.2) is 0 Å². The van der Waals surface area contributed by atoms with E-state index in [0.717, 1.165) is 0 Å². The van der Waals surface area contributed by atoms with E-state index in [1.165, 1.54) is 0 Å². The molecule has 0 heterocycles. The van der Waals surface area contributed by atoms with Gasteiger partial charge in [0.25, 0.3) is 0 Å². The standard InChI is InChI=1S/CClO.Pb/c2-1-3;. The van der Waals surface area contributed by atoms with Crippen molar-refractivity contribution in [2.24, 2.45) is 0 Å². The van der Waals surface area contributed by atoms with E-state index in [1.807, 2.05) is 0 Å². The van der Waals surface area contributed by atoms with Crippen molar-refractivity contribution < 1.29 is 4.79 Å². The van der Waals surface area contributed by atoms with Gasteiger partial charge in [0.1, 0.15) is 0 Å². The van der Waals surface area contributed by atoms with Gasteiger partial charge < -0.3 is 0 Å². The van der Waals surface area contributed by atoms with E-state index in [0.29, 0.717) is 25.8 Å². The van der Waals surface area contributed by atoms with Gasteiger partial charge in [0.2, 0.25) is 0 Å². The Balaban J connectivity index is 2.80. The first-order valence-corrected chi connectivity index (χ1v) is 2.96. The summed E-state index contributed by atoms with van der Waals surface area (Å²) in [5.74, 6) is 0. The average molecular weight is 271 g/mol. The van der Waals surface area contributed by atoms with Crippen LogP contribution in [-0.4, -0.2) is 28.6 Å². The number of hydrogen-bond donors (Lipinski definition) is 0. The Morgan fingerprint density at radius 2 is 2.00 bits per heavy atom. The van der Waals surface area contributed by atoms with Crippen molar-refractivity contribution in [2.75, 3.05) is 0 Å². The summed E-state index contributed by atoms with van der Waals surface area (Å²) in [5, 5.41) is 0. The van der Waals surface area contributed by atoms with Crippen molar-refractivity contribution in [1.82, 2.24) is 0 Å². The number of halogens is 1. The second-order valence-corrected chi connectivity index (χ2v) is 3.61. The number of hydrogen-bond acceptors (Lipinski definition) is 1. The molecule has 0 bridgehead atoms. The SMILES string of the molecule is O=[C](Cl)[Pb]. The Bertz CT molecular complexity index is 31.0. The van der Waals surface area contributed by atoms with E-state index >= 15 is 0 Å². The van der Waals surface area contributed by atoms with Crippen molar-refractivity contribution >= 4 is 40.2 Å². The molecular weight excluding hydrogens is 271 g/mol. The number of carbonyl (C=O) groups excluding carboxylic acids is 1. The van der Waals surface area contributed by atoms with Crippen molar-refractivity contribution in [2.45, 2.75) is 0 Å². The maximum absolute atomic E-state index is 9.27. The third kappa shape index (κ3) is 13.1. The molecule has 21 valence electrons. The first-order valence-electron chi connectivity index (χ1n) is 0.643. The summed E-state index contributed by atoms with van der Waals surface area (Å²) < 4.78 is -0.222. The van der Waals surface area contributed by atoms with E-state index in [9.17, 15) is 4.79 Å². The molecule has 0 atom stereocenters. The zero-order chi connectivity index (χ0) is 3.58. The van der Waals surface area contributed by atoms with Gasteiger partial charge in [-0.25, -0.2) is 0 Å². The predicted molar refractivity (Wildman–Crippen MR) is 17.0 cm³/mol. The second kappa shape index (κ2) is 2.14. The van der Waals surface area contributed by atoms with E-state index in [1.54, 1.807) is 0 Å². The fraction of sp³-hybridized carbons (Fsp3) is 0. The van der Waals surface area contributed by atoms with Gasteiger partial charge in [0, 0.05) is 0 Å². The van der Waals surface area contributed by atoms with Gasteiger partial charge in [0.15, 0.2) is 0 Å². The Morgan fingerprint density at radius 1 is 2.00 bits per heavy atom. The molecule has 0 saturated carbocycles. The van der Waals surface area contributed by atoms with E-state index in [4.69, 9.17) is 11.6 Å². The van der Waals surface area contributed by atoms with Crippen molar-refractivity contribution in [3.8, 4) is 0 Å². The molecule has 3 radical (unpaired) electrons. The molecule has 3 heteroatoms. The Labute approximate surface area is 45.0 Å². The summed E-state index contributed by atoms with van der Waals surface area (Å²) in [7, 11) is 0. The molecule has 0 aliphatic carbocycles. The molecule has 0 saturated heterocycles. The van der Waals surface area contributed by atoms with Crippen LogP contribution in [0.1, 0.15) is 0 Å². The summed E-state index contributed by atoms with van der Waals surface area (Å²) in [5.41, 5.74) is 0.